The summed E-state index contributed by atoms with van der Waals surface area (Å²) in [6, 6.07) is 0. The molecule has 3 unspecified atom stereocenters. The molecule has 5 atom stereocenters. The molecule has 1 rings (SSSR count). The minimum Gasteiger partial charge on any atom is -0.462 e. The number of allylic oxidation sites excluding steroid dienone is 5. The molecule has 0 spiro atoms. The van der Waals surface area contributed by atoms with Crippen molar-refractivity contribution in [2.75, 3.05) is 26.4 Å². The van der Waals surface area contributed by atoms with E-state index in [1.807, 2.05) is 0 Å². The van der Waals surface area contributed by atoms with E-state index < -0.39 is 66.2 Å². The average Bonchev–Trinajstić information content (AvgIpc) is 3.94. The molecule has 1 heterocycles. The Kier molecular flexibility index (Phi) is 32.7. The molecule has 0 bridgehead atoms. The van der Waals surface area contributed by atoms with Gasteiger partial charge in [-0.15, -0.1) is 0 Å². The Hall–Kier alpha value is -1.70. The largest absolute Gasteiger partial charge is 0.472 e. The molecule has 0 aromatic heterocycles. The number of ether oxygens (including phenoxy) is 3. The lowest BCUT2D eigenvalue weighted by Gasteiger charge is -2.20. The molecule has 4 N–H and O–H groups in total. The highest BCUT2D eigenvalue weighted by molar-refractivity contribution is 7.47. The standard InChI is InChI=1S/C42H76O14P2/c1-3-5-7-8-9-10-11-12-13-14-15-16-20-23-27-31-41(44)51-35-38(36-54-58(49,50)53-34-37(43)33-52-57(46,47)48)55-42(45)32-28-24-21-18-17-19-22-26-30-40-39(56-40)29-25-6-4-2/h9-10,12-13,22,26,37-40,43H,3-8,11,14-21,23-25,27-36H2,1-2H3,(H,49,50)(H2,46,47,48)/b10-9-,13-12-,26-22-/t37-,38+,39?,40?/m0/s1. The van der Waals surface area contributed by atoms with Crippen LogP contribution in [-0.2, 0) is 46.5 Å². The zero-order valence-electron chi connectivity index (χ0n) is 35.3. The number of phosphoric acid groups is 2. The molecular formula is C42H76O14P2. The van der Waals surface area contributed by atoms with Crippen molar-refractivity contribution in [1.29, 1.82) is 0 Å². The number of aliphatic hydroxyl groups excluding tert-OH is 1. The summed E-state index contributed by atoms with van der Waals surface area (Å²) in [7, 11) is -9.68. The molecule has 1 saturated heterocycles. The van der Waals surface area contributed by atoms with E-state index in [-0.39, 0.29) is 12.8 Å². The fourth-order valence-corrected chi connectivity index (χ4v) is 7.13. The van der Waals surface area contributed by atoms with Gasteiger partial charge in [0.1, 0.15) is 12.7 Å². The number of hydrogen-bond acceptors (Lipinski definition) is 11. The van der Waals surface area contributed by atoms with Crippen molar-refractivity contribution in [1.82, 2.24) is 0 Å². The van der Waals surface area contributed by atoms with Gasteiger partial charge in [0.15, 0.2) is 6.10 Å². The summed E-state index contributed by atoms with van der Waals surface area (Å²) in [5, 5.41) is 9.74. The third-order valence-electron chi connectivity index (χ3n) is 9.42. The highest BCUT2D eigenvalue weighted by Crippen LogP contribution is 2.44. The first-order valence-electron chi connectivity index (χ1n) is 21.8. The first kappa shape index (κ1) is 54.3. The quantitative estimate of drug-likeness (QED) is 0.0149. The van der Waals surface area contributed by atoms with E-state index >= 15 is 0 Å². The van der Waals surface area contributed by atoms with Gasteiger partial charge < -0.3 is 34.0 Å². The lowest BCUT2D eigenvalue weighted by Crippen LogP contribution is -2.30. The van der Waals surface area contributed by atoms with Crippen LogP contribution in [0, 0.1) is 0 Å². The molecule has 0 aromatic carbocycles. The van der Waals surface area contributed by atoms with Gasteiger partial charge in [-0.05, 0) is 70.6 Å². The first-order chi connectivity index (χ1) is 27.8. The van der Waals surface area contributed by atoms with Crippen LogP contribution >= 0.6 is 15.6 Å². The monoisotopic (exact) mass is 866 g/mol. The van der Waals surface area contributed by atoms with Gasteiger partial charge in [-0.1, -0.05) is 121 Å². The zero-order chi connectivity index (χ0) is 42.7. The van der Waals surface area contributed by atoms with Gasteiger partial charge >= 0.3 is 27.6 Å². The fourth-order valence-electron chi connectivity index (χ4n) is 5.97. The van der Waals surface area contributed by atoms with Crippen LogP contribution < -0.4 is 0 Å². The Morgan fingerprint density at radius 1 is 0.603 bits per heavy atom. The van der Waals surface area contributed by atoms with E-state index in [0.717, 1.165) is 89.9 Å². The number of rotatable bonds is 40. The Labute approximate surface area is 348 Å². The van der Waals surface area contributed by atoms with Crippen molar-refractivity contribution in [2.45, 2.75) is 192 Å². The number of phosphoric ester groups is 2. The summed E-state index contributed by atoms with van der Waals surface area (Å²) in [6.07, 6.45) is 34.5. The molecule has 14 nitrogen and oxygen atoms in total. The molecule has 0 aliphatic carbocycles. The maximum absolute atomic E-state index is 12.7. The normalized spacial score (nSPS) is 17.9. The predicted octanol–water partition coefficient (Wildman–Crippen LogP) is 9.88. The number of unbranched alkanes of at least 4 members (excludes halogenated alkanes) is 15. The van der Waals surface area contributed by atoms with Crippen LogP contribution in [-0.4, -0.2) is 82.6 Å². The lowest BCUT2D eigenvalue weighted by molar-refractivity contribution is -0.161. The molecule has 1 aliphatic rings. The fraction of sp³-hybridized carbons (Fsp3) is 0.810. The molecule has 16 heteroatoms. The van der Waals surface area contributed by atoms with Crippen molar-refractivity contribution < 1.29 is 66.3 Å². The third-order valence-corrected chi connectivity index (χ3v) is 10.9. The highest BCUT2D eigenvalue weighted by atomic mass is 31.2. The summed E-state index contributed by atoms with van der Waals surface area (Å²) in [5.41, 5.74) is 0. The Bertz CT molecular complexity index is 1240. The van der Waals surface area contributed by atoms with Crippen LogP contribution in [0.2, 0.25) is 0 Å². The van der Waals surface area contributed by atoms with Gasteiger partial charge in [-0.25, -0.2) is 9.13 Å². The van der Waals surface area contributed by atoms with Crippen LogP contribution in [0.25, 0.3) is 0 Å². The summed E-state index contributed by atoms with van der Waals surface area (Å²) >= 11 is 0. The van der Waals surface area contributed by atoms with Gasteiger partial charge in [0.25, 0.3) is 0 Å². The molecule has 0 saturated carbocycles. The average molecular weight is 867 g/mol. The molecule has 0 amide bonds. The Morgan fingerprint density at radius 3 is 1.74 bits per heavy atom. The van der Waals surface area contributed by atoms with Crippen LogP contribution in [0.4, 0.5) is 0 Å². The van der Waals surface area contributed by atoms with Crippen LogP contribution in [0.5, 0.6) is 0 Å². The number of carbonyl (C=O) groups excluding carboxylic acids is 2. The summed E-state index contributed by atoms with van der Waals surface area (Å²) in [5.74, 6) is -1.07. The van der Waals surface area contributed by atoms with E-state index in [0.29, 0.717) is 25.0 Å². The van der Waals surface area contributed by atoms with Crippen LogP contribution in [0.3, 0.4) is 0 Å². The number of hydrogen-bond donors (Lipinski definition) is 4. The second kappa shape index (κ2) is 35.0. The van der Waals surface area contributed by atoms with Gasteiger partial charge in [0.2, 0.25) is 0 Å². The number of epoxide rings is 1. The predicted molar refractivity (Wildman–Crippen MR) is 225 cm³/mol. The first-order valence-corrected chi connectivity index (χ1v) is 24.8. The van der Waals surface area contributed by atoms with E-state index in [1.54, 1.807) is 0 Å². The van der Waals surface area contributed by atoms with Gasteiger partial charge in [-0.3, -0.25) is 23.2 Å². The van der Waals surface area contributed by atoms with Crippen molar-refractivity contribution in [2.24, 2.45) is 0 Å². The topological polar surface area (TPSA) is 208 Å². The Balaban J connectivity index is 2.37. The van der Waals surface area contributed by atoms with E-state index in [4.69, 9.17) is 28.5 Å². The van der Waals surface area contributed by atoms with E-state index in [1.165, 1.54) is 38.5 Å². The third kappa shape index (κ3) is 35.1. The molecular weight excluding hydrogens is 790 g/mol. The second-order valence-corrected chi connectivity index (χ2v) is 17.7. The number of aliphatic hydroxyl groups is 1. The van der Waals surface area contributed by atoms with Gasteiger partial charge in [-0.2, -0.15) is 0 Å². The molecule has 1 aliphatic heterocycles. The van der Waals surface area contributed by atoms with Crippen molar-refractivity contribution in [3.05, 3.63) is 36.5 Å². The summed E-state index contributed by atoms with van der Waals surface area (Å²) < 4.78 is 53.5. The zero-order valence-corrected chi connectivity index (χ0v) is 37.1. The minimum atomic E-state index is -4.87. The van der Waals surface area contributed by atoms with Crippen LogP contribution in [0.15, 0.2) is 36.5 Å². The SMILES string of the molecule is CCCCC/C=C\C/C=C\CCCCCCCC(=O)OC[C@H](COP(=O)(O)OC[C@@H](O)COP(=O)(O)O)OC(=O)CCCCCCC/C=C\CC1OC1CCCCC. The maximum atomic E-state index is 12.7. The molecule has 58 heavy (non-hydrogen) atoms. The van der Waals surface area contributed by atoms with Crippen molar-refractivity contribution >= 4 is 27.6 Å². The Morgan fingerprint density at radius 2 is 1.12 bits per heavy atom. The van der Waals surface area contributed by atoms with Crippen LogP contribution in [0.1, 0.15) is 168 Å². The number of esters is 2. The van der Waals surface area contributed by atoms with E-state index in [2.05, 4.69) is 59.4 Å². The van der Waals surface area contributed by atoms with E-state index in [9.17, 15) is 28.7 Å². The van der Waals surface area contributed by atoms with Crippen molar-refractivity contribution in [3.8, 4) is 0 Å². The summed E-state index contributed by atoms with van der Waals surface area (Å²) in [4.78, 5) is 52.7. The smallest absolute Gasteiger partial charge is 0.462 e. The number of carbonyl (C=O) groups is 2. The second-order valence-electron chi connectivity index (χ2n) is 15.0. The molecule has 338 valence electrons. The van der Waals surface area contributed by atoms with Gasteiger partial charge in [0.05, 0.1) is 32.0 Å². The molecule has 1 fully saturated rings. The summed E-state index contributed by atoms with van der Waals surface area (Å²) in [6.45, 7) is 1.67. The molecule has 0 radical (unpaired) electrons. The molecule has 0 aromatic rings. The minimum absolute atomic E-state index is 0.107. The van der Waals surface area contributed by atoms with Gasteiger partial charge in [0, 0.05) is 12.8 Å². The lowest BCUT2D eigenvalue weighted by atomic mass is 10.1. The maximum Gasteiger partial charge on any atom is 0.472 e. The highest BCUT2D eigenvalue weighted by Gasteiger charge is 2.36. The van der Waals surface area contributed by atoms with Crippen molar-refractivity contribution in [3.63, 3.8) is 0 Å².